The van der Waals surface area contributed by atoms with Gasteiger partial charge in [-0.1, -0.05) is 29.8 Å². The molecule has 0 radical (unpaired) electrons. The molecule has 0 aromatic heterocycles. The van der Waals surface area contributed by atoms with E-state index < -0.39 is 0 Å². The molecule has 0 bridgehead atoms. The zero-order chi connectivity index (χ0) is 21.3. The fourth-order valence-corrected chi connectivity index (χ4v) is 3.77. The summed E-state index contributed by atoms with van der Waals surface area (Å²) in [6, 6.07) is 14.3. The molecule has 1 N–H and O–H groups in total. The SMILES string of the molecule is COc1ccc(CCNC(=O)CN2CCN(Cc3cc(C)ccc3OC)CC2)cc1. The van der Waals surface area contributed by atoms with E-state index in [0.29, 0.717) is 13.1 Å². The normalized spacial score (nSPS) is 15.0. The number of nitrogens with zero attached hydrogens (tertiary/aromatic N) is 2. The van der Waals surface area contributed by atoms with Gasteiger partial charge in [-0.25, -0.2) is 0 Å². The highest BCUT2D eigenvalue weighted by molar-refractivity contribution is 5.78. The number of amides is 1. The lowest BCUT2D eigenvalue weighted by Crippen LogP contribution is -2.49. The molecule has 30 heavy (non-hydrogen) atoms. The van der Waals surface area contributed by atoms with Gasteiger partial charge in [-0.2, -0.15) is 0 Å². The van der Waals surface area contributed by atoms with E-state index in [1.165, 1.54) is 16.7 Å². The minimum Gasteiger partial charge on any atom is -0.497 e. The number of benzene rings is 2. The monoisotopic (exact) mass is 411 g/mol. The number of hydrogen-bond donors (Lipinski definition) is 1. The molecule has 0 aliphatic carbocycles. The number of piperazine rings is 1. The van der Waals surface area contributed by atoms with E-state index in [9.17, 15) is 4.79 Å². The van der Waals surface area contributed by atoms with Gasteiger partial charge in [0.2, 0.25) is 5.91 Å². The van der Waals surface area contributed by atoms with Gasteiger partial charge in [0.25, 0.3) is 0 Å². The fraction of sp³-hybridized carbons (Fsp3) is 0.458. The molecule has 2 aromatic carbocycles. The van der Waals surface area contributed by atoms with E-state index in [1.54, 1.807) is 14.2 Å². The van der Waals surface area contributed by atoms with Gasteiger partial charge >= 0.3 is 0 Å². The molecule has 1 fully saturated rings. The molecular weight excluding hydrogens is 378 g/mol. The van der Waals surface area contributed by atoms with E-state index in [0.717, 1.165) is 50.6 Å². The van der Waals surface area contributed by atoms with Crippen LogP contribution in [-0.4, -0.2) is 69.2 Å². The Bertz CT molecular complexity index is 815. The van der Waals surface area contributed by atoms with Crippen molar-refractivity contribution < 1.29 is 14.3 Å². The second-order valence-electron chi connectivity index (χ2n) is 7.82. The number of nitrogens with one attached hydrogen (secondary N) is 1. The van der Waals surface area contributed by atoms with Crippen molar-refractivity contribution in [1.82, 2.24) is 15.1 Å². The first-order valence-corrected chi connectivity index (χ1v) is 10.5. The molecule has 0 atom stereocenters. The van der Waals surface area contributed by atoms with Crippen LogP contribution in [0.5, 0.6) is 11.5 Å². The maximum atomic E-state index is 12.3. The van der Waals surface area contributed by atoms with Crippen LogP contribution < -0.4 is 14.8 Å². The first-order valence-electron chi connectivity index (χ1n) is 10.5. The Morgan fingerprint density at radius 2 is 1.67 bits per heavy atom. The van der Waals surface area contributed by atoms with Crippen molar-refractivity contribution in [3.05, 3.63) is 59.2 Å². The van der Waals surface area contributed by atoms with Crippen molar-refractivity contribution in [3.63, 3.8) is 0 Å². The Hall–Kier alpha value is -2.57. The topological polar surface area (TPSA) is 54.0 Å². The van der Waals surface area contributed by atoms with Crippen LogP contribution in [0.3, 0.4) is 0 Å². The summed E-state index contributed by atoms with van der Waals surface area (Å²) in [7, 11) is 3.38. The summed E-state index contributed by atoms with van der Waals surface area (Å²) < 4.78 is 10.7. The summed E-state index contributed by atoms with van der Waals surface area (Å²) in [4.78, 5) is 16.9. The second kappa shape index (κ2) is 11.0. The zero-order valence-corrected chi connectivity index (χ0v) is 18.3. The zero-order valence-electron chi connectivity index (χ0n) is 18.3. The largest absolute Gasteiger partial charge is 0.497 e. The summed E-state index contributed by atoms with van der Waals surface area (Å²) in [5.41, 5.74) is 3.66. The number of methoxy groups -OCH3 is 2. The van der Waals surface area contributed by atoms with Gasteiger partial charge in [0.05, 0.1) is 20.8 Å². The number of hydrogen-bond acceptors (Lipinski definition) is 5. The highest BCUT2D eigenvalue weighted by Crippen LogP contribution is 2.22. The minimum atomic E-state index is 0.0947. The fourth-order valence-electron chi connectivity index (χ4n) is 3.77. The third kappa shape index (κ3) is 6.47. The lowest BCUT2D eigenvalue weighted by molar-refractivity contribution is -0.122. The Morgan fingerprint density at radius 3 is 2.33 bits per heavy atom. The quantitative estimate of drug-likeness (QED) is 0.687. The molecule has 1 aliphatic heterocycles. The van der Waals surface area contributed by atoms with Gasteiger partial charge in [-0.3, -0.25) is 14.6 Å². The molecule has 3 rings (SSSR count). The first-order chi connectivity index (χ1) is 14.6. The summed E-state index contributed by atoms with van der Waals surface area (Å²) in [6.45, 7) is 7.82. The van der Waals surface area contributed by atoms with Crippen LogP contribution >= 0.6 is 0 Å². The molecule has 1 heterocycles. The minimum absolute atomic E-state index is 0.0947. The number of aryl methyl sites for hydroxylation is 1. The van der Waals surface area contributed by atoms with Gasteiger partial charge in [-0.05, 0) is 37.1 Å². The Kier molecular flexibility index (Phi) is 8.11. The molecule has 1 saturated heterocycles. The molecule has 0 unspecified atom stereocenters. The summed E-state index contributed by atoms with van der Waals surface area (Å²) in [6.07, 6.45) is 0.821. The van der Waals surface area contributed by atoms with E-state index in [2.05, 4.69) is 34.2 Å². The van der Waals surface area contributed by atoms with Crippen molar-refractivity contribution in [1.29, 1.82) is 0 Å². The lowest BCUT2D eigenvalue weighted by atomic mass is 10.1. The van der Waals surface area contributed by atoms with E-state index in [-0.39, 0.29) is 5.91 Å². The smallest absolute Gasteiger partial charge is 0.234 e. The van der Waals surface area contributed by atoms with Crippen molar-refractivity contribution >= 4 is 5.91 Å². The van der Waals surface area contributed by atoms with Crippen molar-refractivity contribution in [2.75, 3.05) is 53.5 Å². The van der Waals surface area contributed by atoms with Crippen LogP contribution in [0.25, 0.3) is 0 Å². The standard InChI is InChI=1S/C24H33N3O3/c1-19-4-9-23(30-3)21(16-19)17-26-12-14-27(15-13-26)18-24(28)25-11-10-20-5-7-22(29-2)8-6-20/h4-9,16H,10-15,17-18H2,1-3H3,(H,25,28). The summed E-state index contributed by atoms with van der Waals surface area (Å²) >= 11 is 0. The molecule has 162 valence electrons. The molecule has 2 aromatic rings. The average Bonchev–Trinajstić information content (AvgIpc) is 2.76. The van der Waals surface area contributed by atoms with Crippen LogP contribution in [-0.2, 0) is 17.8 Å². The number of carbonyl (C=O) groups is 1. The van der Waals surface area contributed by atoms with Crippen LogP contribution in [0.1, 0.15) is 16.7 Å². The second-order valence-corrected chi connectivity index (χ2v) is 7.82. The van der Waals surface area contributed by atoms with Gasteiger partial charge in [0, 0.05) is 44.8 Å². The van der Waals surface area contributed by atoms with E-state index in [1.807, 2.05) is 30.3 Å². The first kappa shape index (κ1) is 22.1. The predicted octanol–water partition coefficient (Wildman–Crippen LogP) is 2.49. The van der Waals surface area contributed by atoms with E-state index >= 15 is 0 Å². The number of rotatable bonds is 9. The molecule has 1 aliphatic rings. The number of ether oxygens (including phenoxy) is 2. The maximum absolute atomic E-state index is 12.3. The van der Waals surface area contributed by atoms with Gasteiger partial charge in [-0.15, -0.1) is 0 Å². The highest BCUT2D eigenvalue weighted by atomic mass is 16.5. The van der Waals surface area contributed by atoms with Crippen LogP contribution in [0.15, 0.2) is 42.5 Å². The van der Waals surface area contributed by atoms with Crippen LogP contribution in [0.2, 0.25) is 0 Å². The highest BCUT2D eigenvalue weighted by Gasteiger charge is 2.20. The van der Waals surface area contributed by atoms with E-state index in [4.69, 9.17) is 9.47 Å². The number of carbonyl (C=O) groups excluding carboxylic acids is 1. The molecule has 6 heteroatoms. The van der Waals surface area contributed by atoms with Gasteiger partial charge in [0.1, 0.15) is 11.5 Å². The maximum Gasteiger partial charge on any atom is 0.234 e. The predicted molar refractivity (Wildman–Crippen MR) is 119 cm³/mol. The Balaban J connectivity index is 1.37. The van der Waals surface area contributed by atoms with Crippen molar-refractivity contribution in [3.8, 4) is 11.5 Å². The lowest BCUT2D eigenvalue weighted by Gasteiger charge is -2.34. The van der Waals surface area contributed by atoms with Crippen LogP contribution in [0, 0.1) is 6.92 Å². The summed E-state index contributed by atoms with van der Waals surface area (Å²) in [5.74, 6) is 1.89. The molecule has 0 saturated carbocycles. The average molecular weight is 412 g/mol. The molecular formula is C24H33N3O3. The van der Waals surface area contributed by atoms with Crippen LogP contribution in [0.4, 0.5) is 0 Å². The third-order valence-electron chi connectivity index (χ3n) is 5.56. The molecule has 1 amide bonds. The van der Waals surface area contributed by atoms with Gasteiger partial charge < -0.3 is 14.8 Å². The Morgan fingerprint density at radius 1 is 0.967 bits per heavy atom. The van der Waals surface area contributed by atoms with Gasteiger partial charge in [0.15, 0.2) is 0 Å². The molecule has 0 spiro atoms. The summed E-state index contributed by atoms with van der Waals surface area (Å²) in [5, 5.41) is 3.04. The van der Waals surface area contributed by atoms with Crippen molar-refractivity contribution in [2.24, 2.45) is 0 Å². The third-order valence-corrected chi connectivity index (χ3v) is 5.56. The Labute approximate surface area is 179 Å². The molecule has 6 nitrogen and oxygen atoms in total. The van der Waals surface area contributed by atoms with Crippen molar-refractivity contribution in [2.45, 2.75) is 19.9 Å².